The molecule has 0 aromatic heterocycles. The molecule has 0 aliphatic rings. The maximum atomic E-state index is 10.8. The monoisotopic (exact) mass is 272 g/mol. The Bertz CT molecular complexity index is 355. The van der Waals surface area contributed by atoms with E-state index in [4.69, 9.17) is 16.2 Å². The van der Waals surface area contributed by atoms with Gasteiger partial charge in [0.05, 0.1) is 12.6 Å². The Morgan fingerprint density at radius 3 is 2.44 bits per heavy atom. The molecule has 1 aromatic carbocycles. The Balaban J connectivity index is 0.00000289. The highest BCUT2D eigenvalue weighted by Crippen LogP contribution is 2.13. The number of carbonyl (C=O) groups is 1. The third kappa shape index (κ3) is 5.89. The first-order chi connectivity index (χ1) is 8.13. The molecular weight excluding hydrogens is 252 g/mol. The molecule has 1 unspecified atom stereocenters. The van der Waals surface area contributed by atoms with Gasteiger partial charge in [-0.2, -0.15) is 0 Å². The molecule has 1 rings (SSSR count). The van der Waals surface area contributed by atoms with Gasteiger partial charge in [-0.15, -0.1) is 12.4 Å². The molecule has 18 heavy (non-hydrogen) atoms. The average molecular weight is 273 g/mol. The summed E-state index contributed by atoms with van der Waals surface area (Å²) in [6.45, 7) is 2.86. The summed E-state index contributed by atoms with van der Waals surface area (Å²) in [6.07, 6.45) is 2.63. The standard InChI is InChI=1S/C13H20N2O2.ClH/c1-2-3-8-17-11-6-4-10(5-7-11)9-12(14)13(15)16;/h4-7,12H,2-3,8-9,14H2,1H3,(H2,15,16);1H. The zero-order chi connectivity index (χ0) is 12.7. The predicted molar refractivity (Wildman–Crippen MR) is 75.0 cm³/mol. The molecule has 4 N–H and O–H groups in total. The summed E-state index contributed by atoms with van der Waals surface area (Å²) < 4.78 is 5.53. The second-order valence-electron chi connectivity index (χ2n) is 4.06. The van der Waals surface area contributed by atoms with E-state index < -0.39 is 11.9 Å². The minimum Gasteiger partial charge on any atom is -0.494 e. The first kappa shape index (κ1) is 16.7. The lowest BCUT2D eigenvalue weighted by molar-refractivity contribution is -0.119. The van der Waals surface area contributed by atoms with Crippen molar-refractivity contribution in [2.75, 3.05) is 6.61 Å². The van der Waals surface area contributed by atoms with Crippen LogP contribution >= 0.6 is 12.4 Å². The Labute approximate surface area is 114 Å². The van der Waals surface area contributed by atoms with Gasteiger partial charge in [0, 0.05) is 0 Å². The lowest BCUT2D eigenvalue weighted by Gasteiger charge is -2.09. The summed E-state index contributed by atoms with van der Waals surface area (Å²) in [4.78, 5) is 10.8. The van der Waals surface area contributed by atoms with Crippen LogP contribution in [0.5, 0.6) is 5.75 Å². The molecule has 0 saturated heterocycles. The molecule has 0 aliphatic carbocycles. The Hall–Kier alpha value is -1.26. The van der Waals surface area contributed by atoms with Gasteiger partial charge in [-0.05, 0) is 30.5 Å². The number of rotatable bonds is 7. The number of ether oxygens (including phenoxy) is 1. The van der Waals surface area contributed by atoms with Crippen molar-refractivity contribution < 1.29 is 9.53 Å². The van der Waals surface area contributed by atoms with Crippen molar-refractivity contribution in [2.45, 2.75) is 32.2 Å². The normalized spacial score (nSPS) is 11.4. The van der Waals surface area contributed by atoms with Gasteiger partial charge >= 0.3 is 0 Å². The van der Waals surface area contributed by atoms with E-state index in [1.165, 1.54) is 0 Å². The average Bonchev–Trinajstić information content (AvgIpc) is 2.31. The van der Waals surface area contributed by atoms with Crippen LogP contribution in [0.2, 0.25) is 0 Å². The molecule has 0 radical (unpaired) electrons. The third-order valence-electron chi connectivity index (χ3n) is 2.51. The van der Waals surface area contributed by atoms with Gasteiger partial charge in [0.2, 0.25) is 5.91 Å². The van der Waals surface area contributed by atoms with Gasteiger partial charge < -0.3 is 16.2 Å². The second-order valence-corrected chi connectivity index (χ2v) is 4.06. The van der Waals surface area contributed by atoms with E-state index in [9.17, 15) is 4.79 Å². The zero-order valence-electron chi connectivity index (χ0n) is 10.6. The smallest absolute Gasteiger partial charge is 0.234 e. The van der Waals surface area contributed by atoms with E-state index in [0.29, 0.717) is 6.42 Å². The Morgan fingerprint density at radius 1 is 1.33 bits per heavy atom. The van der Waals surface area contributed by atoms with Crippen molar-refractivity contribution in [3.05, 3.63) is 29.8 Å². The highest BCUT2D eigenvalue weighted by atomic mass is 35.5. The molecule has 0 bridgehead atoms. The molecular formula is C13H21ClN2O2. The van der Waals surface area contributed by atoms with Crippen LogP contribution in [-0.4, -0.2) is 18.6 Å². The highest BCUT2D eigenvalue weighted by molar-refractivity contribution is 5.85. The van der Waals surface area contributed by atoms with E-state index in [1.54, 1.807) is 0 Å². The largest absolute Gasteiger partial charge is 0.494 e. The van der Waals surface area contributed by atoms with Crippen LogP contribution in [0.15, 0.2) is 24.3 Å². The summed E-state index contributed by atoms with van der Waals surface area (Å²) in [5.74, 6) is 0.364. The molecule has 102 valence electrons. The molecule has 0 fully saturated rings. The van der Waals surface area contributed by atoms with Crippen molar-refractivity contribution >= 4 is 18.3 Å². The van der Waals surface area contributed by atoms with Crippen LogP contribution in [-0.2, 0) is 11.2 Å². The van der Waals surface area contributed by atoms with Crippen molar-refractivity contribution in [2.24, 2.45) is 11.5 Å². The van der Waals surface area contributed by atoms with Crippen LogP contribution < -0.4 is 16.2 Å². The minimum atomic E-state index is -0.623. The summed E-state index contributed by atoms with van der Waals surface area (Å²) in [5.41, 5.74) is 11.7. The summed E-state index contributed by atoms with van der Waals surface area (Å²) in [7, 11) is 0. The number of halogens is 1. The first-order valence-electron chi connectivity index (χ1n) is 5.90. The lowest BCUT2D eigenvalue weighted by atomic mass is 10.1. The summed E-state index contributed by atoms with van der Waals surface area (Å²) in [5, 5.41) is 0. The quantitative estimate of drug-likeness (QED) is 0.741. The molecule has 0 spiro atoms. The van der Waals surface area contributed by atoms with Gasteiger partial charge in [0.15, 0.2) is 0 Å². The summed E-state index contributed by atoms with van der Waals surface area (Å²) in [6, 6.07) is 6.97. The molecule has 0 aliphatic heterocycles. The number of benzene rings is 1. The first-order valence-corrected chi connectivity index (χ1v) is 5.90. The van der Waals surface area contributed by atoms with Gasteiger partial charge in [-0.3, -0.25) is 4.79 Å². The topological polar surface area (TPSA) is 78.3 Å². The van der Waals surface area contributed by atoms with Crippen LogP contribution in [0.25, 0.3) is 0 Å². The Kier molecular flexibility index (Phi) is 8.16. The van der Waals surface area contributed by atoms with Gasteiger partial charge in [-0.1, -0.05) is 25.5 Å². The van der Waals surface area contributed by atoms with E-state index in [2.05, 4.69) is 6.92 Å². The minimum absolute atomic E-state index is 0. The zero-order valence-corrected chi connectivity index (χ0v) is 11.4. The van der Waals surface area contributed by atoms with Crippen LogP contribution in [0.3, 0.4) is 0 Å². The second kappa shape index (κ2) is 8.78. The number of primary amides is 1. The fraction of sp³-hybridized carbons (Fsp3) is 0.462. The molecule has 5 heteroatoms. The SMILES string of the molecule is CCCCOc1ccc(CC(N)C(N)=O)cc1.Cl. The van der Waals surface area contributed by atoms with E-state index in [0.717, 1.165) is 30.8 Å². The van der Waals surface area contributed by atoms with Crippen LogP contribution in [0.4, 0.5) is 0 Å². The summed E-state index contributed by atoms with van der Waals surface area (Å²) >= 11 is 0. The van der Waals surface area contributed by atoms with Crippen molar-refractivity contribution in [3.8, 4) is 5.75 Å². The highest BCUT2D eigenvalue weighted by Gasteiger charge is 2.09. The molecule has 0 saturated carbocycles. The van der Waals surface area contributed by atoms with Gasteiger partial charge in [0.1, 0.15) is 5.75 Å². The molecule has 0 heterocycles. The molecule has 1 atom stereocenters. The molecule has 4 nitrogen and oxygen atoms in total. The third-order valence-corrected chi connectivity index (χ3v) is 2.51. The van der Waals surface area contributed by atoms with Crippen molar-refractivity contribution in [3.63, 3.8) is 0 Å². The Morgan fingerprint density at radius 2 is 1.94 bits per heavy atom. The van der Waals surface area contributed by atoms with E-state index in [1.807, 2.05) is 24.3 Å². The number of hydrogen-bond donors (Lipinski definition) is 2. The number of hydrogen-bond acceptors (Lipinski definition) is 3. The van der Waals surface area contributed by atoms with Crippen molar-refractivity contribution in [1.82, 2.24) is 0 Å². The maximum Gasteiger partial charge on any atom is 0.234 e. The van der Waals surface area contributed by atoms with Gasteiger partial charge in [0.25, 0.3) is 0 Å². The van der Waals surface area contributed by atoms with Crippen molar-refractivity contribution in [1.29, 1.82) is 0 Å². The fourth-order valence-corrected chi connectivity index (χ4v) is 1.41. The van der Waals surface area contributed by atoms with Crippen LogP contribution in [0.1, 0.15) is 25.3 Å². The molecule has 1 aromatic rings. The molecule has 1 amide bonds. The predicted octanol–water partition coefficient (Wildman–Crippen LogP) is 1.64. The fourth-order valence-electron chi connectivity index (χ4n) is 1.41. The maximum absolute atomic E-state index is 10.8. The van der Waals surface area contributed by atoms with Crippen LogP contribution in [0, 0.1) is 0 Å². The van der Waals surface area contributed by atoms with E-state index >= 15 is 0 Å². The van der Waals surface area contributed by atoms with E-state index in [-0.39, 0.29) is 12.4 Å². The number of carbonyl (C=O) groups excluding carboxylic acids is 1. The number of amides is 1. The number of nitrogens with two attached hydrogens (primary N) is 2. The lowest BCUT2D eigenvalue weighted by Crippen LogP contribution is -2.38. The number of unbranched alkanes of at least 4 members (excludes halogenated alkanes) is 1. The van der Waals surface area contributed by atoms with Gasteiger partial charge in [-0.25, -0.2) is 0 Å².